The lowest BCUT2D eigenvalue weighted by Gasteiger charge is -2.26. The van der Waals surface area contributed by atoms with E-state index in [1.807, 2.05) is 6.92 Å². The van der Waals surface area contributed by atoms with Crippen LogP contribution in [0.4, 0.5) is 14.5 Å². The van der Waals surface area contributed by atoms with E-state index in [1.54, 1.807) is 55.0 Å². The van der Waals surface area contributed by atoms with Gasteiger partial charge in [0.2, 0.25) is 11.8 Å². The summed E-state index contributed by atoms with van der Waals surface area (Å²) in [7, 11) is 0. The van der Waals surface area contributed by atoms with Crippen molar-refractivity contribution in [3.8, 4) is 11.5 Å². The molecule has 4 aromatic heterocycles. The number of rotatable bonds is 5. The second-order valence-electron chi connectivity index (χ2n) is 9.90. The number of imidazole rings is 1. The maximum Gasteiger partial charge on any atom is 0.277 e. The van der Waals surface area contributed by atoms with Crippen molar-refractivity contribution in [2.24, 2.45) is 0 Å². The average molecular weight is 496 g/mol. The number of fused-ring (bicyclic) bond motifs is 1. The highest BCUT2D eigenvalue weighted by Crippen LogP contribution is 2.41. The number of amides is 1. The standard InChI is InChI=1S/C26H27F2N5O3/c1-15-10-17(6-9-29-15)24-32-21(14-36-24)23(34)31-20-13-33-12-19(16-4-7-26(27,28)8-5-16)30-22(33)11-18(20)25(2,3)35/h6,9-14,16,35H,4-5,7-8H2,1-3H3,(H,31,34). The monoisotopic (exact) mass is 495 g/mol. The third kappa shape index (κ3) is 4.86. The van der Waals surface area contributed by atoms with Gasteiger partial charge in [-0.25, -0.2) is 18.7 Å². The molecule has 4 heterocycles. The maximum absolute atomic E-state index is 13.6. The number of hydrogen-bond donors (Lipinski definition) is 2. The van der Waals surface area contributed by atoms with Crippen molar-refractivity contribution in [2.75, 3.05) is 5.32 Å². The molecule has 1 aliphatic carbocycles. The molecule has 0 atom stereocenters. The molecular weight excluding hydrogens is 468 g/mol. The molecular formula is C26H27F2N5O3. The number of hydrogen-bond acceptors (Lipinski definition) is 6. The first kappa shape index (κ1) is 24.1. The summed E-state index contributed by atoms with van der Waals surface area (Å²) in [5.41, 5.74) is 2.42. The fraction of sp³-hybridized carbons (Fsp3) is 0.385. The first-order valence-corrected chi connectivity index (χ1v) is 11.8. The van der Waals surface area contributed by atoms with E-state index in [-0.39, 0.29) is 24.5 Å². The number of nitrogens with zero attached hydrogens (tertiary/aromatic N) is 4. The second kappa shape index (κ2) is 8.77. The third-order valence-electron chi connectivity index (χ3n) is 6.53. The van der Waals surface area contributed by atoms with Crippen molar-refractivity contribution in [2.45, 2.75) is 63.9 Å². The molecule has 0 unspecified atom stereocenters. The summed E-state index contributed by atoms with van der Waals surface area (Å²) < 4.78 is 34.4. The zero-order valence-corrected chi connectivity index (χ0v) is 20.3. The van der Waals surface area contributed by atoms with Gasteiger partial charge in [0.25, 0.3) is 5.91 Å². The van der Waals surface area contributed by atoms with Crippen molar-refractivity contribution in [3.05, 3.63) is 65.7 Å². The Kier molecular flexibility index (Phi) is 5.86. The van der Waals surface area contributed by atoms with Gasteiger partial charge in [0, 0.05) is 54.2 Å². The quantitative estimate of drug-likeness (QED) is 0.381. The molecule has 0 spiro atoms. The van der Waals surface area contributed by atoms with Crippen LogP contribution in [0.1, 0.15) is 72.9 Å². The Morgan fingerprint density at radius 3 is 2.67 bits per heavy atom. The lowest BCUT2D eigenvalue weighted by atomic mass is 9.85. The molecule has 1 saturated carbocycles. The van der Waals surface area contributed by atoms with Crippen molar-refractivity contribution < 1.29 is 23.1 Å². The molecule has 1 fully saturated rings. The lowest BCUT2D eigenvalue weighted by Crippen LogP contribution is -2.23. The highest BCUT2D eigenvalue weighted by molar-refractivity contribution is 6.03. The van der Waals surface area contributed by atoms with Crippen LogP contribution in [0.5, 0.6) is 0 Å². The number of alkyl halides is 2. The van der Waals surface area contributed by atoms with Gasteiger partial charge in [0.15, 0.2) is 5.69 Å². The smallest absolute Gasteiger partial charge is 0.277 e. The molecule has 0 aromatic carbocycles. The molecule has 4 aromatic rings. The van der Waals surface area contributed by atoms with E-state index in [2.05, 4.69) is 20.3 Å². The van der Waals surface area contributed by atoms with E-state index < -0.39 is 17.4 Å². The van der Waals surface area contributed by atoms with Gasteiger partial charge in [0.1, 0.15) is 11.9 Å². The van der Waals surface area contributed by atoms with Gasteiger partial charge < -0.3 is 19.2 Å². The first-order chi connectivity index (χ1) is 17.0. The normalized spacial score (nSPS) is 16.4. The van der Waals surface area contributed by atoms with E-state index >= 15 is 0 Å². The van der Waals surface area contributed by atoms with Crippen molar-refractivity contribution in [1.82, 2.24) is 19.4 Å². The molecule has 0 radical (unpaired) electrons. The van der Waals surface area contributed by atoms with E-state index in [9.17, 15) is 18.7 Å². The van der Waals surface area contributed by atoms with Crippen LogP contribution < -0.4 is 5.32 Å². The predicted octanol–water partition coefficient (Wildman–Crippen LogP) is 5.47. The minimum Gasteiger partial charge on any atom is -0.444 e. The highest BCUT2D eigenvalue weighted by Gasteiger charge is 2.36. The number of aliphatic hydroxyl groups is 1. The highest BCUT2D eigenvalue weighted by atomic mass is 19.3. The summed E-state index contributed by atoms with van der Waals surface area (Å²) in [4.78, 5) is 26.1. The van der Waals surface area contributed by atoms with Crippen LogP contribution in [0, 0.1) is 6.92 Å². The molecule has 0 bridgehead atoms. The van der Waals surface area contributed by atoms with Gasteiger partial charge in [0.05, 0.1) is 17.0 Å². The Morgan fingerprint density at radius 2 is 1.97 bits per heavy atom. The molecule has 5 rings (SSSR count). The van der Waals surface area contributed by atoms with Crippen LogP contribution in [-0.2, 0) is 5.60 Å². The molecule has 8 nitrogen and oxygen atoms in total. The first-order valence-electron chi connectivity index (χ1n) is 11.8. The summed E-state index contributed by atoms with van der Waals surface area (Å²) in [6.45, 7) is 5.07. The number of oxazole rings is 1. The van der Waals surface area contributed by atoms with Gasteiger partial charge in [-0.05, 0) is 51.8 Å². The molecule has 188 valence electrons. The van der Waals surface area contributed by atoms with Crippen LogP contribution in [0.25, 0.3) is 17.1 Å². The van der Waals surface area contributed by atoms with Gasteiger partial charge in [-0.15, -0.1) is 0 Å². The number of carbonyl (C=O) groups excluding carboxylic acids is 1. The Bertz CT molecular complexity index is 1430. The summed E-state index contributed by atoms with van der Waals surface area (Å²) in [6.07, 6.45) is 6.80. The Balaban J connectivity index is 1.43. The summed E-state index contributed by atoms with van der Waals surface area (Å²) in [5.74, 6) is -2.88. The Hall–Kier alpha value is -3.66. The number of aromatic nitrogens is 4. The fourth-order valence-electron chi connectivity index (χ4n) is 4.57. The molecule has 10 heteroatoms. The van der Waals surface area contributed by atoms with Gasteiger partial charge in [-0.2, -0.15) is 0 Å². The fourth-order valence-corrected chi connectivity index (χ4v) is 4.57. The second-order valence-corrected chi connectivity index (χ2v) is 9.90. The summed E-state index contributed by atoms with van der Waals surface area (Å²) in [6, 6.07) is 5.24. The average Bonchev–Trinajstić information content (AvgIpc) is 3.45. The van der Waals surface area contributed by atoms with Crippen LogP contribution in [0.15, 0.2) is 47.5 Å². The molecule has 0 saturated heterocycles. The van der Waals surface area contributed by atoms with Crippen LogP contribution in [-0.4, -0.2) is 36.3 Å². The van der Waals surface area contributed by atoms with Crippen molar-refractivity contribution >= 4 is 17.2 Å². The SMILES string of the molecule is Cc1cc(-c2nc(C(=O)Nc3cn4cc(C5CCC(F)(F)CC5)nc4cc3C(C)(C)O)co2)ccn1. The number of anilines is 1. The minimum atomic E-state index is -2.61. The number of halogens is 2. The summed E-state index contributed by atoms with van der Waals surface area (Å²) >= 11 is 0. The van der Waals surface area contributed by atoms with Crippen LogP contribution in [0.2, 0.25) is 0 Å². The molecule has 1 amide bonds. The van der Waals surface area contributed by atoms with Gasteiger partial charge in [-0.3, -0.25) is 9.78 Å². The van der Waals surface area contributed by atoms with E-state index in [4.69, 9.17) is 4.42 Å². The Morgan fingerprint density at radius 1 is 1.22 bits per heavy atom. The van der Waals surface area contributed by atoms with E-state index in [0.717, 1.165) is 11.4 Å². The predicted molar refractivity (Wildman–Crippen MR) is 129 cm³/mol. The lowest BCUT2D eigenvalue weighted by molar-refractivity contribution is -0.0384. The molecule has 1 aliphatic rings. The van der Waals surface area contributed by atoms with E-state index in [1.165, 1.54) is 6.26 Å². The zero-order valence-electron chi connectivity index (χ0n) is 20.3. The van der Waals surface area contributed by atoms with Crippen molar-refractivity contribution in [1.29, 1.82) is 0 Å². The summed E-state index contributed by atoms with van der Waals surface area (Å²) in [5, 5.41) is 13.6. The van der Waals surface area contributed by atoms with Gasteiger partial charge in [-0.1, -0.05) is 0 Å². The number of pyridine rings is 2. The number of aryl methyl sites for hydroxylation is 1. The largest absolute Gasteiger partial charge is 0.444 e. The maximum atomic E-state index is 13.6. The van der Waals surface area contributed by atoms with Crippen LogP contribution in [0.3, 0.4) is 0 Å². The zero-order chi connectivity index (χ0) is 25.7. The van der Waals surface area contributed by atoms with Gasteiger partial charge >= 0.3 is 0 Å². The number of nitrogens with one attached hydrogen (secondary N) is 1. The van der Waals surface area contributed by atoms with Crippen LogP contribution >= 0.6 is 0 Å². The third-order valence-corrected chi connectivity index (χ3v) is 6.53. The Labute approximate surface area is 206 Å². The number of carbonyl (C=O) groups is 1. The molecule has 36 heavy (non-hydrogen) atoms. The molecule has 2 N–H and O–H groups in total. The molecule has 0 aliphatic heterocycles. The topological polar surface area (TPSA) is 106 Å². The van der Waals surface area contributed by atoms with E-state index in [0.29, 0.717) is 41.2 Å². The minimum absolute atomic E-state index is 0.0569. The van der Waals surface area contributed by atoms with Crippen molar-refractivity contribution in [3.63, 3.8) is 0 Å².